The molecule has 1 fully saturated rings. The van der Waals surface area contributed by atoms with E-state index in [2.05, 4.69) is 16.4 Å². The normalized spacial score (nSPS) is 14.2. The number of hydrogen-bond donors (Lipinski definition) is 1. The van der Waals surface area contributed by atoms with Crippen molar-refractivity contribution >= 4 is 22.9 Å². The third kappa shape index (κ3) is 2.67. The molecule has 0 aliphatic heterocycles. The number of aryl methyl sites for hydroxylation is 1. The molecule has 2 aromatic rings. The van der Waals surface area contributed by atoms with Crippen molar-refractivity contribution in [3.05, 3.63) is 45.9 Å². The molecule has 0 atom stereocenters. The molecule has 104 valence electrons. The van der Waals surface area contributed by atoms with Crippen LogP contribution in [-0.4, -0.2) is 21.8 Å². The Kier molecular flexibility index (Phi) is 3.44. The number of rotatable bonds is 4. The summed E-state index contributed by atoms with van der Waals surface area (Å²) < 4.78 is 0. The maximum Gasteiger partial charge on any atom is 0.256 e. The Balaban J connectivity index is 1.87. The van der Waals surface area contributed by atoms with Crippen molar-refractivity contribution in [2.45, 2.75) is 32.4 Å². The SMILES string of the molecule is Cc1ncc(N)cc1C(=O)N(Cc1ccsc1)C1CC1. The third-order valence-electron chi connectivity index (χ3n) is 3.52. The highest BCUT2D eigenvalue weighted by atomic mass is 32.1. The van der Waals surface area contributed by atoms with Crippen LogP contribution in [0.2, 0.25) is 0 Å². The van der Waals surface area contributed by atoms with Gasteiger partial charge in [0.25, 0.3) is 5.91 Å². The average molecular weight is 287 g/mol. The summed E-state index contributed by atoms with van der Waals surface area (Å²) in [5.41, 5.74) is 8.83. The first-order valence-corrected chi connectivity index (χ1v) is 7.63. The van der Waals surface area contributed by atoms with Crippen LogP contribution in [0.5, 0.6) is 0 Å². The van der Waals surface area contributed by atoms with Gasteiger partial charge in [-0.2, -0.15) is 11.3 Å². The Labute approximate surface area is 122 Å². The summed E-state index contributed by atoms with van der Waals surface area (Å²) in [5.74, 6) is 0.0380. The zero-order valence-corrected chi connectivity index (χ0v) is 12.2. The van der Waals surface area contributed by atoms with Crippen molar-refractivity contribution in [2.75, 3.05) is 5.73 Å². The molecule has 1 saturated carbocycles. The molecule has 2 heterocycles. The van der Waals surface area contributed by atoms with Crippen molar-refractivity contribution in [3.63, 3.8) is 0 Å². The van der Waals surface area contributed by atoms with Gasteiger partial charge in [0.15, 0.2) is 0 Å². The molecule has 20 heavy (non-hydrogen) atoms. The van der Waals surface area contributed by atoms with Crippen LogP contribution in [0, 0.1) is 6.92 Å². The second-order valence-corrected chi connectivity index (χ2v) is 5.98. The molecule has 2 aromatic heterocycles. The zero-order chi connectivity index (χ0) is 14.1. The predicted octanol–water partition coefficient (Wildman–Crippen LogP) is 2.84. The number of pyridine rings is 1. The van der Waals surface area contributed by atoms with Gasteiger partial charge in [-0.05, 0) is 48.2 Å². The standard InChI is InChI=1S/C15H17N3OS/c1-10-14(6-12(16)7-17-10)15(19)18(13-2-3-13)8-11-4-5-20-9-11/h4-7,9,13H,2-3,8,16H2,1H3. The Morgan fingerprint density at radius 3 is 3.00 bits per heavy atom. The quantitative estimate of drug-likeness (QED) is 0.940. The van der Waals surface area contributed by atoms with E-state index in [-0.39, 0.29) is 5.91 Å². The van der Waals surface area contributed by atoms with Crippen molar-refractivity contribution in [3.8, 4) is 0 Å². The van der Waals surface area contributed by atoms with Crippen LogP contribution in [0.4, 0.5) is 5.69 Å². The van der Waals surface area contributed by atoms with E-state index in [0.717, 1.165) is 18.5 Å². The van der Waals surface area contributed by atoms with E-state index >= 15 is 0 Å². The molecule has 0 spiro atoms. The van der Waals surface area contributed by atoms with E-state index in [4.69, 9.17) is 5.73 Å². The first-order valence-electron chi connectivity index (χ1n) is 6.69. The number of carbonyl (C=O) groups is 1. The van der Waals surface area contributed by atoms with Crippen molar-refractivity contribution in [1.29, 1.82) is 0 Å². The van der Waals surface area contributed by atoms with E-state index < -0.39 is 0 Å². The maximum absolute atomic E-state index is 12.8. The molecule has 1 aliphatic rings. The smallest absolute Gasteiger partial charge is 0.256 e. The van der Waals surface area contributed by atoms with Gasteiger partial charge < -0.3 is 10.6 Å². The number of aromatic nitrogens is 1. The Bertz CT molecular complexity index is 620. The lowest BCUT2D eigenvalue weighted by Crippen LogP contribution is -2.33. The van der Waals surface area contributed by atoms with Crippen LogP contribution in [0.15, 0.2) is 29.1 Å². The van der Waals surface area contributed by atoms with Gasteiger partial charge in [-0.1, -0.05) is 0 Å². The number of amides is 1. The molecule has 2 N–H and O–H groups in total. The van der Waals surface area contributed by atoms with Crippen LogP contribution in [0.3, 0.4) is 0 Å². The molecule has 0 bridgehead atoms. The lowest BCUT2D eigenvalue weighted by Gasteiger charge is -2.22. The maximum atomic E-state index is 12.8. The van der Waals surface area contributed by atoms with E-state index in [9.17, 15) is 4.79 Å². The van der Waals surface area contributed by atoms with Gasteiger partial charge in [0.05, 0.1) is 23.1 Å². The number of hydrogen-bond acceptors (Lipinski definition) is 4. The first kappa shape index (κ1) is 13.1. The Morgan fingerprint density at radius 2 is 2.35 bits per heavy atom. The Hall–Kier alpha value is -1.88. The van der Waals surface area contributed by atoms with Crippen LogP contribution in [-0.2, 0) is 6.54 Å². The van der Waals surface area contributed by atoms with Crippen molar-refractivity contribution in [2.24, 2.45) is 0 Å². The minimum absolute atomic E-state index is 0.0380. The predicted molar refractivity (Wildman–Crippen MR) is 80.6 cm³/mol. The van der Waals surface area contributed by atoms with Crippen LogP contribution >= 0.6 is 11.3 Å². The fourth-order valence-corrected chi connectivity index (χ4v) is 2.91. The van der Waals surface area contributed by atoms with Crippen LogP contribution in [0.25, 0.3) is 0 Å². The molecular weight excluding hydrogens is 270 g/mol. The Morgan fingerprint density at radius 1 is 1.55 bits per heavy atom. The van der Waals surface area contributed by atoms with Gasteiger partial charge in [-0.25, -0.2) is 0 Å². The molecule has 0 aromatic carbocycles. The number of nitrogens with two attached hydrogens (primary N) is 1. The fourth-order valence-electron chi connectivity index (χ4n) is 2.25. The summed E-state index contributed by atoms with van der Waals surface area (Å²) in [6.45, 7) is 2.52. The highest BCUT2D eigenvalue weighted by molar-refractivity contribution is 7.07. The fraction of sp³-hybridized carbons (Fsp3) is 0.333. The van der Waals surface area contributed by atoms with Crippen LogP contribution in [0.1, 0.15) is 34.5 Å². The highest BCUT2D eigenvalue weighted by Crippen LogP contribution is 2.30. The minimum atomic E-state index is 0.0380. The lowest BCUT2D eigenvalue weighted by molar-refractivity contribution is 0.0729. The summed E-state index contributed by atoms with van der Waals surface area (Å²) in [6, 6.07) is 4.16. The number of nitrogens with zero attached hydrogens (tertiary/aromatic N) is 2. The van der Waals surface area contributed by atoms with E-state index in [1.165, 1.54) is 5.56 Å². The van der Waals surface area contributed by atoms with Gasteiger partial charge in [-0.15, -0.1) is 0 Å². The van der Waals surface area contributed by atoms with Gasteiger partial charge in [0.2, 0.25) is 0 Å². The van der Waals surface area contributed by atoms with E-state index in [1.807, 2.05) is 17.2 Å². The van der Waals surface area contributed by atoms with Gasteiger partial charge in [-0.3, -0.25) is 9.78 Å². The van der Waals surface area contributed by atoms with E-state index in [0.29, 0.717) is 23.8 Å². The zero-order valence-electron chi connectivity index (χ0n) is 11.4. The molecule has 1 aliphatic carbocycles. The second-order valence-electron chi connectivity index (χ2n) is 5.20. The minimum Gasteiger partial charge on any atom is -0.397 e. The van der Waals surface area contributed by atoms with Crippen LogP contribution < -0.4 is 5.73 Å². The average Bonchev–Trinajstić information content (AvgIpc) is 3.15. The van der Waals surface area contributed by atoms with Gasteiger partial charge in [0.1, 0.15) is 0 Å². The molecule has 0 unspecified atom stereocenters. The summed E-state index contributed by atoms with van der Waals surface area (Å²) in [4.78, 5) is 18.9. The second kappa shape index (κ2) is 5.25. The molecule has 0 radical (unpaired) electrons. The van der Waals surface area contributed by atoms with Crippen molar-refractivity contribution < 1.29 is 4.79 Å². The summed E-state index contributed by atoms with van der Waals surface area (Å²) in [6.07, 6.45) is 3.77. The monoisotopic (exact) mass is 287 g/mol. The molecule has 4 nitrogen and oxygen atoms in total. The lowest BCUT2D eigenvalue weighted by atomic mass is 10.1. The third-order valence-corrected chi connectivity index (χ3v) is 4.25. The van der Waals surface area contributed by atoms with Gasteiger partial charge in [0, 0.05) is 12.6 Å². The molecule has 5 heteroatoms. The van der Waals surface area contributed by atoms with Gasteiger partial charge >= 0.3 is 0 Å². The molecule has 0 saturated heterocycles. The summed E-state index contributed by atoms with van der Waals surface area (Å²) in [5, 5.41) is 4.13. The molecule has 3 rings (SSSR count). The summed E-state index contributed by atoms with van der Waals surface area (Å²) >= 11 is 1.66. The van der Waals surface area contributed by atoms with Crippen molar-refractivity contribution in [1.82, 2.24) is 9.88 Å². The largest absolute Gasteiger partial charge is 0.397 e. The topological polar surface area (TPSA) is 59.2 Å². The number of carbonyl (C=O) groups excluding carboxylic acids is 1. The molecule has 1 amide bonds. The molecular formula is C15H17N3OS. The summed E-state index contributed by atoms with van der Waals surface area (Å²) in [7, 11) is 0. The number of thiophene rings is 1. The number of nitrogen functional groups attached to an aromatic ring is 1. The van der Waals surface area contributed by atoms with E-state index in [1.54, 1.807) is 23.6 Å². The highest BCUT2D eigenvalue weighted by Gasteiger charge is 2.33. The first-order chi connectivity index (χ1) is 9.65. The number of anilines is 1.